The number of hydrogen-bond acceptors (Lipinski definition) is 4. The summed E-state index contributed by atoms with van der Waals surface area (Å²) in [6.07, 6.45) is 4.50. The van der Waals surface area contributed by atoms with Crippen LogP contribution >= 0.6 is 0 Å². The molecule has 0 aliphatic carbocycles. The van der Waals surface area contributed by atoms with E-state index < -0.39 is 0 Å². The molecule has 3 rings (SSSR count). The van der Waals surface area contributed by atoms with Crippen molar-refractivity contribution in [3.8, 4) is 5.75 Å². The van der Waals surface area contributed by atoms with Crippen molar-refractivity contribution in [3.05, 3.63) is 30.5 Å². The number of aromatic nitrogens is 1. The van der Waals surface area contributed by atoms with Crippen LogP contribution in [0.5, 0.6) is 5.75 Å². The second-order valence-corrected chi connectivity index (χ2v) is 5.20. The van der Waals surface area contributed by atoms with Crippen molar-refractivity contribution < 1.29 is 9.47 Å². The molecule has 20 heavy (non-hydrogen) atoms. The van der Waals surface area contributed by atoms with Crippen LogP contribution in [0.4, 0.5) is 5.69 Å². The van der Waals surface area contributed by atoms with Crippen LogP contribution in [-0.2, 0) is 4.74 Å². The van der Waals surface area contributed by atoms with Gasteiger partial charge in [-0.25, -0.2) is 0 Å². The number of methoxy groups -OCH3 is 1. The highest BCUT2D eigenvalue weighted by molar-refractivity contribution is 5.95. The summed E-state index contributed by atoms with van der Waals surface area (Å²) in [6, 6.07) is 8.09. The van der Waals surface area contributed by atoms with Crippen LogP contribution in [-0.4, -0.2) is 38.4 Å². The Bertz CT molecular complexity index is 594. The highest BCUT2D eigenvalue weighted by Crippen LogP contribution is 2.30. The quantitative estimate of drug-likeness (QED) is 0.857. The van der Waals surface area contributed by atoms with E-state index in [1.807, 2.05) is 18.3 Å². The minimum absolute atomic E-state index is 0.342. The van der Waals surface area contributed by atoms with Gasteiger partial charge in [0.1, 0.15) is 11.3 Å². The number of rotatable bonds is 4. The smallest absolute Gasteiger partial charge is 0.145 e. The lowest BCUT2D eigenvalue weighted by Gasteiger charge is -2.24. The van der Waals surface area contributed by atoms with Gasteiger partial charge in [-0.2, -0.15) is 0 Å². The van der Waals surface area contributed by atoms with Gasteiger partial charge in [0.15, 0.2) is 0 Å². The van der Waals surface area contributed by atoms with Crippen molar-refractivity contribution in [1.82, 2.24) is 4.98 Å². The van der Waals surface area contributed by atoms with Gasteiger partial charge in [0, 0.05) is 37.5 Å². The largest absolute Gasteiger partial charge is 0.494 e. The number of likely N-dealkylation sites (N-methyl/N-ethyl adjacent to an activating group) is 1. The van der Waals surface area contributed by atoms with E-state index in [0.29, 0.717) is 6.10 Å². The maximum atomic E-state index is 5.72. The number of nitrogens with zero attached hydrogens (tertiary/aromatic N) is 2. The van der Waals surface area contributed by atoms with Gasteiger partial charge in [-0.05, 0) is 25.0 Å². The van der Waals surface area contributed by atoms with Crippen LogP contribution in [0.3, 0.4) is 0 Å². The van der Waals surface area contributed by atoms with Crippen LogP contribution in [0.1, 0.15) is 12.8 Å². The zero-order valence-corrected chi connectivity index (χ0v) is 12.0. The van der Waals surface area contributed by atoms with Crippen LogP contribution in [0.2, 0.25) is 0 Å². The van der Waals surface area contributed by atoms with Gasteiger partial charge >= 0.3 is 0 Å². The third-order valence-electron chi connectivity index (χ3n) is 3.84. The van der Waals surface area contributed by atoms with Crippen molar-refractivity contribution in [2.45, 2.75) is 18.9 Å². The van der Waals surface area contributed by atoms with E-state index in [0.717, 1.165) is 36.2 Å². The van der Waals surface area contributed by atoms with Gasteiger partial charge in [0.05, 0.1) is 13.2 Å². The van der Waals surface area contributed by atoms with Crippen molar-refractivity contribution in [2.75, 3.05) is 32.2 Å². The predicted molar refractivity (Wildman–Crippen MR) is 80.5 cm³/mol. The van der Waals surface area contributed by atoms with E-state index in [1.165, 1.54) is 12.1 Å². The second kappa shape index (κ2) is 5.67. The lowest BCUT2D eigenvalue weighted by atomic mass is 10.1. The lowest BCUT2D eigenvalue weighted by molar-refractivity contribution is 0.116. The zero-order chi connectivity index (χ0) is 13.9. The summed E-state index contributed by atoms with van der Waals surface area (Å²) in [5.74, 6) is 0.815. The normalized spacial score (nSPS) is 18.4. The van der Waals surface area contributed by atoms with Gasteiger partial charge in [0.2, 0.25) is 0 Å². The highest BCUT2D eigenvalue weighted by Gasteiger charge is 2.19. The average Bonchev–Trinajstić information content (AvgIpc) is 2.98. The fourth-order valence-corrected chi connectivity index (χ4v) is 2.82. The number of para-hydroxylation sites is 1. The molecule has 0 amide bonds. The summed E-state index contributed by atoms with van der Waals surface area (Å²) in [5, 5.41) is 1.12. The molecule has 1 aromatic carbocycles. The molecule has 1 aliphatic heterocycles. The predicted octanol–water partition coefficient (Wildman–Crippen LogP) is 2.86. The summed E-state index contributed by atoms with van der Waals surface area (Å²) >= 11 is 0. The number of hydrogen-bond donors (Lipinski definition) is 0. The molecular weight excluding hydrogens is 252 g/mol. The van der Waals surface area contributed by atoms with E-state index in [4.69, 9.17) is 9.47 Å². The van der Waals surface area contributed by atoms with Crippen molar-refractivity contribution in [1.29, 1.82) is 0 Å². The Balaban J connectivity index is 1.94. The Labute approximate surface area is 119 Å². The molecule has 2 heterocycles. The highest BCUT2D eigenvalue weighted by atomic mass is 16.5. The first kappa shape index (κ1) is 13.2. The Morgan fingerprint density at radius 3 is 3.05 bits per heavy atom. The Morgan fingerprint density at radius 2 is 2.30 bits per heavy atom. The molecule has 106 valence electrons. The molecule has 2 aromatic rings. The molecule has 1 saturated heterocycles. The van der Waals surface area contributed by atoms with Gasteiger partial charge in [-0.1, -0.05) is 12.1 Å². The van der Waals surface area contributed by atoms with Gasteiger partial charge in [-0.3, -0.25) is 4.98 Å². The average molecular weight is 272 g/mol. The van der Waals surface area contributed by atoms with E-state index in [-0.39, 0.29) is 0 Å². The van der Waals surface area contributed by atoms with E-state index in [2.05, 4.69) is 29.1 Å². The third-order valence-corrected chi connectivity index (χ3v) is 3.84. The maximum absolute atomic E-state index is 5.72. The number of benzene rings is 1. The minimum atomic E-state index is 0.342. The topological polar surface area (TPSA) is 34.6 Å². The number of anilines is 1. The second-order valence-electron chi connectivity index (χ2n) is 5.20. The molecule has 1 aromatic heterocycles. The van der Waals surface area contributed by atoms with Crippen LogP contribution in [0.15, 0.2) is 30.5 Å². The molecule has 4 nitrogen and oxygen atoms in total. The van der Waals surface area contributed by atoms with Crippen LogP contribution < -0.4 is 9.64 Å². The standard InChI is InChI=1S/C16H20N2O2/c1-18(11-12-5-4-10-20-12)14-8-9-17-16-13(14)6-3-7-15(16)19-2/h3,6-9,12H,4-5,10-11H2,1-2H3/t12-/m0/s1. The number of ether oxygens (including phenoxy) is 2. The van der Waals surface area contributed by atoms with Crippen LogP contribution in [0, 0.1) is 0 Å². The van der Waals surface area contributed by atoms with E-state index in [1.54, 1.807) is 7.11 Å². The summed E-state index contributed by atoms with van der Waals surface area (Å²) in [6.45, 7) is 1.81. The first-order chi connectivity index (χ1) is 9.79. The fraction of sp³-hybridized carbons (Fsp3) is 0.438. The third kappa shape index (κ3) is 2.43. The first-order valence-electron chi connectivity index (χ1n) is 7.04. The molecule has 0 radical (unpaired) electrons. The first-order valence-corrected chi connectivity index (χ1v) is 7.04. The summed E-state index contributed by atoms with van der Waals surface area (Å²) < 4.78 is 11.1. The molecular formula is C16H20N2O2. The van der Waals surface area contributed by atoms with Crippen molar-refractivity contribution >= 4 is 16.6 Å². The summed E-state index contributed by atoms with van der Waals surface area (Å²) in [4.78, 5) is 6.69. The molecule has 4 heteroatoms. The minimum Gasteiger partial charge on any atom is -0.494 e. The monoisotopic (exact) mass is 272 g/mol. The zero-order valence-electron chi connectivity index (χ0n) is 12.0. The van der Waals surface area contributed by atoms with Crippen molar-refractivity contribution in [2.24, 2.45) is 0 Å². The molecule has 0 unspecified atom stereocenters. The van der Waals surface area contributed by atoms with Gasteiger partial charge in [-0.15, -0.1) is 0 Å². The van der Waals surface area contributed by atoms with E-state index >= 15 is 0 Å². The molecule has 0 bridgehead atoms. The molecule has 1 aliphatic rings. The molecule has 0 N–H and O–H groups in total. The summed E-state index contributed by atoms with van der Waals surface area (Å²) in [7, 11) is 3.79. The SMILES string of the molecule is COc1cccc2c(N(C)C[C@@H]3CCCO3)ccnc12. The fourth-order valence-electron chi connectivity index (χ4n) is 2.82. The molecule has 1 atom stereocenters. The van der Waals surface area contributed by atoms with E-state index in [9.17, 15) is 0 Å². The number of fused-ring (bicyclic) bond motifs is 1. The van der Waals surface area contributed by atoms with Crippen LogP contribution in [0.25, 0.3) is 10.9 Å². The molecule has 0 saturated carbocycles. The molecule has 0 spiro atoms. The van der Waals surface area contributed by atoms with Gasteiger partial charge < -0.3 is 14.4 Å². The Hall–Kier alpha value is -1.81. The Morgan fingerprint density at radius 1 is 1.40 bits per heavy atom. The maximum Gasteiger partial charge on any atom is 0.145 e. The number of pyridine rings is 1. The summed E-state index contributed by atoms with van der Waals surface area (Å²) in [5.41, 5.74) is 2.08. The molecule has 1 fully saturated rings. The van der Waals surface area contributed by atoms with Crippen molar-refractivity contribution in [3.63, 3.8) is 0 Å². The Kier molecular flexibility index (Phi) is 3.74. The lowest BCUT2D eigenvalue weighted by Crippen LogP contribution is -2.28. The van der Waals surface area contributed by atoms with Gasteiger partial charge in [0.25, 0.3) is 0 Å².